The van der Waals surface area contributed by atoms with Gasteiger partial charge in [-0.05, 0) is 42.4 Å². The molecule has 0 atom stereocenters. The molecule has 102 valence electrons. The number of hydrogen-bond donors (Lipinski definition) is 1. The fraction of sp³-hybridized carbons (Fsp3) is 0.500. The minimum Gasteiger partial charge on any atom is -0.478 e. The molecule has 0 aromatic heterocycles. The lowest BCUT2D eigenvalue weighted by Gasteiger charge is -2.41. The Morgan fingerprint density at radius 3 is 2.42 bits per heavy atom. The SMILES string of the molecule is CCc1cc(C(=O)C2CC(C)(C)C2)ccc1C(=O)O. The highest BCUT2D eigenvalue weighted by molar-refractivity contribution is 6.00. The normalized spacial score (nSPS) is 17.8. The molecule has 0 aliphatic heterocycles. The van der Waals surface area contributed by atoms with Gasteiger partial charge < -0.3 is 5.11 Å². The van der Waals surface area contributed by atoms with Crippen molar-refractivity contribution < 1.29 is 14.7 Å². The van der Waals surface area contributed by atoms with E-state index in [2.05, 4.69) is 13.8 Å². The molecule has 1 N–H and O–H groups in total. The van der Waals surface area contributed by atoms with Gasteiger partial charge in [0.25, 0.3) is 0 Å². The largest absolute Gasteiger partial charge is 0.478 e. The van der Waals surface area contributed by atoms with Crippen LogP contribution in [0.3, 0.4) is 0 Å². The Morgan fingerprint density at radius 2 is 1.95 bits per heavy atom. The highest BCUT2D eigenvalue weighted by Gasteiger charge is 2.40. The van der Waals surface area contributed by atoms with Crippen LogP contribution < -0.4 is 0 Å². The second kappa shape index (κ2) is 4.80. The summed E-state index contributed by atoms with van der Waals surface area (Å²) in [6.07, 6.45) is 2.47. The van der Waals surface area contributed by atoms with Crippen molar-refractivity contribution in [3.05, 3.63) is 34.9 Å². The highest BCUT2D eigenvalue weighted by Crippen LogP contribution is 2.46. The molecule has 19 heavy (non-hydrogen) atoms. The van der Waals surface area contributed by atoms with Gasteiger partial charge >= 0.3 is 5.97 Å². The summed E-state index contributed by atoms with van der Waals surface area (Å²) in [5.74, 6) is -0.665. The van der Waals surface area contributed by atoms with E-state index in [1.54, 1.807) is 18.2 Å². The highest BCUT2D eigenvalue weighted by atomic mass is 16.4. The molecule has 0 bridgehead atoms. The van der Waals surface area contributed by atoms with Gasteiger partial charge in [-0.25, -0.2) is 4.79 Å². The molecule has 3 nitrogen and oxygen atoms in total. The number of aromatic carboxylic acids is 1. The van der Waals surface area contributed by atoms with Gasteiger partial charge in [0.1, 0.15) is 0 Å². The Bertz CT molecular complexity index is 521. The van der Waals surface area contributed by atoms with E-state index >= 15 is 0 Å². The second-order valence-corrected chi connectivity index (χ2v) is 6.16. The summed E-state index contributed by atoms with van der Waals surface area (Å²) < 4.78 is 0. The molecule has 1 aliphatic rings. The van der Waals surface area contributed by atoms with Crippen LogP contribution in [0.25, 0.3) is 0 Å². The number of hydrogen-bond acceptors (Lipinski definition) is 2. The molecular weight excluding hydrogens is 240 g/mol. The van der Waals surface area contributed by atoms with Crippen LogP contribution in [0.4, 0.5) is 0 Å². The van der Waals surface area contributed by atoms with E-state index in [1.807, 2.05) is 6.92 Å². The summed E-state index contributed by atoms with van der Waals surface area (Å²) in [6, 6.07) is 4.95. The Labute approximate surface area is 113 Å². The van der Waals surface area contributed by atoms with Gasteiger partial charge in [0.2, 0.25) is 0 Å². The van der Waals surface area contributed by atoms with E-state index in [1.165, 1.54) is 0 Å². The lowest BCUT2D eigenvalue weighted by Crippen LogP contribution is -2.36. The van der Waals surface area contributed by atoms with Crippen LogP contribution in [0.15, 0.2) is 18.2 Å². The maximum absolute atomic E-state index is 12.3. The monoisotopic (exact) mass is 260 g/mol. The molecule has 0 amide bonds. The van der Waals surface area contributed by atoms with Crippen molar-refractivity contribution in [2.45, 2.75) is 40.0 Å². The minimum atomic E-state index is -0.930. The Hall–Kier alpha value is -1.64. The van der Waals surface area contributed by atoms with Crippen LogP contribution in [0.2, 0.25) is 0 Å². The van der Waals surface area contributed by atoms with Crippen LogP contribution >= 0.6 is 0 Å². The standard InChI is InChI=1S/C16H20O3/c1-4-10-7-11(5-6-13(10)15(18)19)14(17)12-8-16(2,3)9-12/h5-7,12H,4,8-9H2,1-3H3,(H,18,19). The maximum Gasteiger partial charge on any atom is 0.335 e. The molecule has 1 aromatic rings. The van der Waals surface area contributed by atoms with Crippen molar-refractivity contribution in [2.75, 3.05) is 0 Å². The third-order valence-electron chi connectivity index (χ3n) is 3.97. The number of rotatable bonds is 4. The molecule has 1 aliphatic carbocycles. The van der Waals surface area contributed by atoms with Crippen molar-refractivity contribution in [3.8, 4) is 0 Å². The van der Waals surface area contributed by atoms with Gasteiger partial charge in [-0.3, -0.25) is 4.79 Å². The fourth-order valence-electron chi connectivity index (χ4n) is 2.94. The molecule has 0 spiro atoms. The van der Waals surface area contributed by atoms with Crippen LogP contribution in [0, 0.1) is 11.3 Å². The Morgan fingerprint density at radius 1 is 1.32 bits per heavy atom. The molecule has 0 saturated heterocycles. The van der Waals surface area contributed by atoms with Crippen molar-refractivity contribution in [3.63, 3.8) is 0 Å². The zero-order chi connectivity index (χ0) is 14.2. The molecule has 2 rings (SSSR count). The summed E-state index contributed by atoms with van der Waals surface area (Å²) in [5, 5.41) is 9.08. The van der Waals surface area contributed by atoms with E-state index < -0.39 is 5.97 Å². The number of carboxylic acid groups (broad SMARTS) is 1. The average molecular weight is 260 g/mol. The third-order valence-corrected chi connectivity index (χ3v) is 3.97. The quantitative estimate of drug-likeness (QED) is 0.842. The zero-order valence-corrected chi connectivity index (χ0v) is 11.7. The number of carbonyl (C=O) groups excluding carboxylic acids is 1. The van der Waals surface area contributed by atoms with E-state index in [4.69, 9.17) is 5.11 Å². The van der Waals surface area contributed by atoms with Crippen molar-refractivity contribution in [1.29, 1.82) is 0 Å². The third kappa shape index (κ3) is 2.70. The number of aryl methyl sites for hydroxylation is 1. The topological polar surface area (TPSA) is 54.4 Å². The molecule has 0 unspecified atom stereocenters. The molecule has 1 aromatic carbocycles. The van der Waals surface area contributed by atoms with Crippen molar-refractivity contribution in [1.82, 2.24) is 0 Å². The predicted molar refractivity (Wildman–Crippen MR) is 73.6 cm³/mol. The first-order valence-electron chi connectivity index (χ1n) is 6.74. The summed E-state index contributed by atoms with van der Waals surface area (Å²) in [4.78, 5) is 23.4. The first-order valence-corrected chi connectivity index (χ1v) is 6.74. The van der Waals surface area contributed by atoms with E-state index in [-0.39, 0.29) is 17.1 Å². The number of Topliss-reactive ketones (excluding diaryl/α,β-unsaturated/α-hetero) is 1. The molecule has 3 heteroatoms. The molecule has 0 radical (unpaired) electrons. The number of carbonyl (C=O) groups is 2. The molecular formula is C16H20O3. The maximum atomic E-state index is 12.3. The lowest BCUT2D eigenvalue weighted by molar-refractivity contribution is 0.0591. The van der Waals surface area contributed by atoms with E-state index in [9.17, 15) is 9.59 Å². The Balaban J connectivity index is 2.22. The van der Waals surface area contributed by atoms with Gasteiger partial charge in [-0.2, -0.15) is 0 Å². The molecule has 1 fully saturated rings. The van der Waals surface area contributed by atoms with Crippen LogP contribution in [0.5, 0.6) is 0 Å². The van der Waals surface area contributed by atoms with Gasteiger partial charge in [-0.1, -0.05) is 26.8 Å². The molecule has 1 saturated carbocycles. The van der Waals surface area contributed by atoms with Crippen molar-refractivity contribution >= 4 is 11.8 Å². The fourth-order valence-corrected chi connectivity index (χ4v) is 2.94. The minimum absolute atomic E-state index is 0.107. The summed E-state index contributed by atoms with van der Waals surface area (Å²) in [6.45, 7) is 6.24. The predicted octanol–water partition coefficient (Wildman–Crippen LogP) is 3.57. The van der Waals surface area contributed by atoms with Gasteiger partial charge in [0.05, 0.1) is 5.56 Å². The summed E-state index contributed by atoms with van der Waals surface area (Å²) >= 11 is 0. The number of carboxylic acids is 1. The molecule has 0 heterocycles. The van der Waals surface area contributed by atoms with Gasteiger partial charge in [0, 0.05) is 11.5 Å². The first kappa shape index (κ1) is 13.8. The van der Waals surface area contributed by atoms with Gasteiger partial charge in [0.15, 0.2) is 5.78 Å². The van der Waals surface area contributed by atoms with Crippen molar-refractivity contribution in [2.24, 2.45) is 11.3 Å². The van der Waals surface area contributed by atoms with Crippen LogP contribution in [0.1, 0.15) is 59.9 Å². The number of benzene rings is 1. The van der Waals surface area contributed by atoms with Gasteiger partial charge in [-0.15, -0.1) is 0 Å². The lowest BCUT2D eigenvalue weighted by atomic mass is 9.62. The van der Waals surface area contributed by atoms with E-state index in [0.717, 1.165) is 18.4 Å². The second-order valence-electron chi connectivity index (χ2n) is 6.16. The zero-order valence-electron chi connectivity index (χ0n) is 11.7. The smallest absolute Gasteiger partial charge is 0.335 e. The van der Waals surface area contributed by atoms with Crippen LogP contribution in [-0.2, 0) is 6.42 Å². The summed E-state index contributed by atoms with van der Waals surface area (Å²) in [7, 11) is 0. The van der Waals surface area contributed by atoms with E-state index in [0.29, 0.717) is 17.5 Å². The number of ketones is 1. The average Bonchev–Trinajstić information content (AvgIpc) is 2.33. The Kier molecular flexibility index (Phi) is 3.48. The summed E-state index contributed by atoms with van der Waals surface area (Å²) in [5.41, 5.74) is 1.96. The first-order chi connectivity index (χ1) is 8.84. The van der Waals surface area contributed by atoms with Crippen LogP contribution in [-0.4, -0.2) is 16.9 Å².